The molecule has 1 amide bonds. The molecule has 0 aliphatic carbocycles. The highest BCUT2D eigenvalue weighted by molar-refractivity contribution is 5.92. The minimum absolute atomic E-state index is 0.234. The molecule has 5 nitrogen and oxygen atoms in total. The van der Waals surface area contributed by atoms with Gasteiger partial charge in [0.15, 0.2) is 0 Å². The van der Waals surface area contributed by atoms with E-state index in [4.69, 9.17) is 0 Å². The molecule has 2 N–H and O–H groups in total. The number of hydrogen-bond donors (Lipinski definition) is 2. The fourth-order valence-electron chi connectivity index (χ4n) is 2.28. The van der Waals surface area contributed by atoms with Crippen LogP contribution < -0.4 is 10.6 Å². The Morgan fingerprint density at radius 1 is 1.00 bits per heavy atom. The number of carbonyl (C=O) groups excluding carboxylic acids is 1. The molecule has 0 unspecified atom stereocenters. The van der Waals surface area contributed by atoms with Crippen LogP contribution in [-0.2, 0) is 6.42 Å². The maximum absolute atomic E-state index is 13.2. The molecule has 0 aliphatic heterocycles. The van der Waals surface area contributed by atoms with Crippen molar-refractivity contribution in [2.45, 2.75) is 6.42 Å². The van der Waals surface area contributed by atoms with E-state index in [0.717, 1.165) is 12.0 Å². The molecule has 0 fully saturated rings. The molecule has 3 aromatic rings. The smallest absolute Gasteiger partial charge is 0.271 e. The summed E-state index contributed by atoms with van der Waals surface area (Å²) in [6.45, 7) is 0.522. The van der Waals surface area contributed by atoms with Crippen molar-refractivity contribution in [3.63, 3.8) is 0 Å². The first-order chi connectivity index (χ1) is 12.2. The lowest BCUT2D eigenvalue weighted by Gasteiger charge is -2.07. The van der Waals surface area contributed by atoms with Gasteiger partial charge in [-0.1, -0.05) is 36.4 Å². The Bertz CT molecular complexity index is 838. The Balaban J connectivity index is 1.53. The lowest BCUT2D eigenvalue weighted by molar-refractivity contribution is 0.0949. The van der Waals surface area contributed by atoms with E-state index in [9.17, 15) is 9.18 Å². The summed E-state index contributed by atoms with van der Waals surface area (Å²) in [5.74, 6) is -0.181. The molecule has 0 radical (unpaired) electrons. The lowest BCUT2D eigenvalue weighted by atomic mass is 10.1. The molecule has 6 heteroatoms. The molecule has 1 aromatic heterocycles. The van der Waals surface area contributed by atoms with Gasteiger partial charge in [0, 0.05) is 12.2 Å². The standard InChI is InChI=1S/C19H17FN4O/c20-15-7-4-8-16(11-15)24-18-13-22-17(12-23-18)19(25)21-10-9-14-5-2-1-3-6-14/h1-8,11-13H,9-10H2,(H,21,25)(H,23,24). The zero-order chi connectivity index (χ0) is 17.5. The molecule has 3 rings (SSSR count). The average molecular weight is 336 g/mol. The van der Waals surface area contributed by atoms with Crippen LogP contribution >= 0.6 is 0 Å². The Morgan fingerprint density at radius 3 is 2.56 bits per heavy atom. The van der Waals surface area contributed by atoms with Crippen LogP contribution in [0.25, 0.3) is 0 Å². The van der Waals surface area contributed by atoms with E-state index in [-0.39, 0.29) is 17.4 Å². The molecule has 0 bridgehead atoms. The van der Waals surface area contributed by atoms with Gasteiger partial charge in [-0.15, -0.1) is 0 Å². The molecule has 126 valence electrons. The second-order valence-corrected chi connectivity index (χ2v) is 5.41. The lowest BCUT2D eigenvalue weighted by Crippen LogP contribution is -2.26. The Hall–Kier alpha value is -3.28. The van der Waals surface area contributed by atoms with Crippen LogP contribution in [0.3, 0.4) is 0 Å². The first-order valence-electron chi connectivity index (χ1n) is 7.87. The number of aromatic nitrogens is 2. The third-order valence-corrected chi connectivity index (χ3v) is 3.52. The molecule has 0 aliphatic rings. The van der Waals surface area contributed by atoms with Crippen LogP contribution in [0.1, 0.15) is 16.1 Å². The van der Waals surface area contributed by atoms with Crippen molar-refractivity contribution in [3.8, 4) is 0 Å². The summed E-state index contributed by atoms with van der Waals surface area (Å²) >= 11 is 0. The zero-order valence-electron chi connectivity index (χ0n) is 13.4. The molecule has 0 saturated heterocycles. The number of benzene rings is 2. The normalized spacial score (nSPS) is 10.3. The van der Waals surface area contributed by atoms with Crippen molar-refractivity contribution < 1.29 is 9.18 Å². The molecule has 0 saturated carbocycles. The number of halogens is 1. The molecule has 25 heavy (non-hydrogen) atoms. The minimum atomic E-state index is -0.340. The summed E-state index contributed by atoms with van der Waals surface area (Å²) in [6.07, 6.45) is 3.58. The van der Waals surface area contributed by atoms with E-state index < -0.39 is 0 Å². The number of amides is 1. The van der Waals surface area contributed by atoms with Crippen molar-refractivity contribution in [3.05, 3.63) is 84.1 Å². The minimum Gasteiger partial charge on any atom is -0.350 e. The molecular weight excluding hydrogens is 319 g/mol. The monoisotopic (exact) mass is 336 g/mol. The summed E-state index contributed by atoms with van der Waals surface area (Å²) in [4.78, 5) is 20.3. The third kappa shape index (κ3) is 4.84. The molecule has 2 aromatic carbocycles. The summed E-state index contributed by atoms with van der Waals surface area (Å²) < 4.78 is 13.2. The topological polar surface area (TPSA) is 66.9 Å². The van der Waals surface area contributed by atoms with Crippen LogP contribution in [0.4, 0.5) is 15.9 Å². The van der Waals surface area contributed by atoms with Gasteiger partial charge in [-0.05, 0) is 30.2 Å². The third-order valence-electron chi connectivity index (χ3n) is 3.52. The second kappa shape index (κ2) is 8.01. The quantitative estimate of drug-likeness (QED) is 0.724. The van der Waals surface area contributed by atoms with Gasteiger partial charge >= 0.3 is 0 Å². The first kappa shape index (κ1) is 16.6. The Kier molecular flexibility index (Phi) is 5.31. The number of nitrogens with one attached hydrogen (secondary N) is 2. The van der Waals surface area contributed by atoms with Gasteiger partial charge in [0.2, 0.25) is 0 Å². The van der Waals surface area contributed by atoms with Gasteiger partial charge in [-0.25, -0.2) is 14.4 Å². The van der Waals surface area contributed by atoms with Crippen LogP contribution in [0, 0.1) is 5.82 Å². The van der Waals surface area contributed by atoms with Crippen LogP contribution in [0.5, 0.6) is 0 Å². The number of nitrogens with zero attached hydrogens (tertiary/aromatic N) is 2. The summed E-state index contributed by atoms with van der Waals surface area (Å²) in [5, 5.41) is 5.74. The molecular formula is C19H17FN4O. The summed E-state index contributed by atoms with van der Waals surface area (Å²) in [7, 11) is 0. The van der Waals surface area contributed by atoms with Gasteiger partial charge in [0.1, 0.15) is 17.3 Å². The maximum Gasteiger partial charge on any atom is 0.271 e. The van der Waals surface area contributed by atoms with Crippen molar-refractivity contribution in [2.24, 2.45) is 0 Å². The fraction of sp³-hybridized carbons (Fsp3) is 0.105. The highest BCUT2D eigenvalue weighted by atomic mass is 19.1. The van der Waals surface area contributed by atoms with E-state index in [1.165, 1.54) is 24.5 Å². The van der Waals surface area contributed by atoms with Gasteiger partial charge in [-0.3, -0.25) is 4.79 Å². The largest absolute Gasteiger partial charge is 0.350 e. The predicted octanol–water partition coefficient (Wildman–Crippen LogP) is 3.33. The number of rotatable bonds is 6. The van der Waals surface area contributed by atoms with Crippen molar-refractivity contribution in [1.82, 2.24) is 15.3 Å². The van der Waals surface area contributed by atoms with E-state index in [1.807, 2.05) is 30.3 Å². The Morgan fingerprint density at radius 2 is 1.84 bits per heavy atom. The highest BCUT2D eigenvalue weighted by Crippen LogP contribution is 2.14. The SMILES string of the molecule is O=C(NCCc1ccccc1)c1cnc(Nc2cccc(F)c2)cn1. The van der Waals surface area contributed by atoms with Gasteiger partial charge in [0.05, 0.1) is 12.4 Å². The van der Waals surface area contributed by atoms with E-state index in [1.54, 1.807) is 12.1 Å². The van der Waals surface area contributed by atoms with Crippen molar-refractivity contribution >= 4 is 17.4 Å². The first-order valence-corrected chi connectivity index (χ1v) is 7.87. The molecule has 0 atom stereocenters. The van der Waals surface area contributed by atoms with E-state index in [0.29, 0.717) is 18.1 Å². The van der Waals surface area contributed by atoms with Crippen LogP contribution in [0.2, 0.25) is 0 Å². The predicted molar refractivity (Wildman–Crippen MR) is 94.2 cm³/mol. The summed E-state index contributed by atoms with van der Waals surface area (Å²) in [6, 6.07) is 15.9. The molecule has 0 spiro atoms. The maximum atomic E-state index is 13.2. The van der Waals surface area contributed by atoms with E-state index >= 15 is 0 Å². The fourth-order valence-corrected chi connectivity index (χ4v) is 2.28. The zero-order valence-corrected chi connectivity index (χ0v) is 13.4. The summed E-state index contributed by atoms with van der Waals surface area (Å²) in [5.41, 5.74) is 1.95. The second-order valence-electron chi connectivity index (χ2n) is 5.41. The van der Waals surface area contributed by atoms with E-state index in [2.05, 4.69) is 20.6 Å². The molecule has 1 heterocycles. The highest BCUT2D eigenvalue weighted by Gasteiger charge is 2.07. The van der Waals surface area contributed by atoms with Crippen LogP contribution in [0.15, 0.2) is 67.0 Å². The number of anilines is 2. The van der Waals surface area contributed by atoms with Gasteiger partial charge in [-0.2, -0.15) is 0 Å². The average Bonchev–Trinajstić information content (AvgIpc) is 2.63. The van der Waals surface area contributed by atoms with Gasteiger partial charge < -0.3 is 10.6 Å². The van der Waals surface area contributed by atoms with Crippen molar-refractivity contribution in [1.29, 1.82) is 0 Å². The van der Waals surface area contributed by atoms with Crippen LogP contribution in [-0.4, -0.2) is 22.4 Å². The Labute approximate surface area is 145 Å². The van der Waals surface area contributed by atoms with Crippen molar-refractivity contribution in [2.75, 3.05) is 11.9 Å². The number of hydrogen-bond acceptors (Lipinski definition) is 4. The number of carbonyl (C=O) groups is 1. The van der Waals surface area contributed by atoms with Gasteiger partial charge in [0.25, 0.3) is 5.91 Å².